The van der Waals surface area contributed by atoms with E-state index in [0.717, 1.165) is 25.7 Å². The van der Waals surface area contributed by atoms with E-state index in [1.54, 1.807) is 0 Å². The van der Waals surface area contributed by atoms with Gasteiger partial charge in [0.2, 0.25) is 5.91 Å². The summed E-state index contributed by atoms with van der Waals surface area (Å²) in [5.74, 6) is -0.408. The summed E-state index contributed by atoms with van der Waals surface area (Å²) in [5.41, 5.74) is 0. The molecule has 0 aromatic heterocycles. The summed E-state index contributed by atoms with van der Waals surface area (Å²) in [4.78, 5) is 15.6. The number of rotatable bonds is 7. The number of nitrogens with one attached hydrogen (secondary N) is 3. The summed E-state index contributed by atoms with van der Waals surface area (Å²) in [6.07, 6.45) is 2.09. The van der Waals surface area contributed by atoms with Gasteiger partial charge >= 0.3 is 6.18 Å². The van der Waals surface area contributed by atoms with E-state index < -0.39 is 24.3 Å². The van der Waals surface area contributed by atoms with Crippen LogP contribution in [0.1, 0.15) is 71.1 Å². The van der Waals surface area contributed by atoms with E-state index in [9.17, 15) is 22.4 Å². The van der Waals surface area contributed by atoms with Crippen LogP contribution in [-0.4, -0.2) is 67.5 Å². The predicted molar refractivity (Wildman–Crippen MR) is 136 cm³/mol. The maximum Gasteiger partial charge on any atom is 0.404 e. The second-order valence-corrected chi connectivity index (χ2v) is 12.8. The normalized spacial score (nSPS) is 39.5. The number of nitrogens with zero attached hydrogens (tertiary/aromatic N) is 1. The molecule has 9 atom stereocenters. The highest BCUT2D eigenvalue weighted by molar-refractivity contribution is 5.79. The summed E-state index contributed by atoms with van der Waals surface area (Å²) in [6.45, 7) is 3.91. The lowest BCUT2D eigenvalue weighted by atomic mass is 9.66. The first kappa shape index (κ1) is 28.0. The molecule has 0 aromatic rings. The molecule has 3 saturated carbocycles. The lowest BCUT2D eigenvalue weighted by Gasteiger charge is -2.44. The largest absolute Gasteiger partial charge is 0.463 e. The molecule has 0 bridgehead atoms. The number of ether oxygens (including phenoxy) is 1. The zero-order chi connectivity index (χ0) is 27.0. The standard InChI is InChI=1S/C28H44F4N4O2/c1-16-11-19(6-7-23(16)29)24(18-4-5-18)35-26(37)21-13-17(15-36-9-10-38-27(36)33)12-20(14-21)22-3-2-8-34-25(22)28(30,31)32/h16-25,33-34H,2-15H2,1H3,(H,35,37)/t16?,17?,19?,20?,21?,22?,23?,24-,25?/m0/s1. The highest BCUT2D eigenvalue weighted by Crippen LogP contribution is 2.46. The molecule has 2 heterocycles. The zero-order valence-corrected chi connectivity index (χ0v) is 22.4. The van der Waals surface area contributed by atoms with E-state index in [0.29, 0.717) is 70.7 Å². The van der Waals surface area contributed by atoms with Crippen molar-refractivity contribution in [2.24, 2.45) is 41.4 Å². The van der Waals surface area contributed by atoms with E-state index in [-0.39, 0.29) is 47.6 Å². The van der Waals surface area contributed by atoms with Crippen molar-refractivity contribution in [1.29, 1.82) is 5.41 Å². The average molecular weight is 545 g/mol. The van der Waals surface area contributed by atoms with Crippen LogP contribution in [0.5, 0.6) is 0 Å². The van der Waals surface area contributed by atoms with Crippen molar-refractivity contribution in [2.45, 2.75) is 95.6 Å². The number of hydrogen-bond donors (Lipinski definition) is 3. The quantitative estimate of drug-likeness (QED) is 0.399. The Morgan fingerprint density at radius 1 is 1.13 bits per heavy atom. The lowest BCUT2D eigenvalue weighted by molar-refractivity contribution is -0.179. The predicted octanol–water partition coefficient (Wildman–Crippen LogP) is 4.89. The van der Waals surface area contributed by atoms with Crippen LogP contribution < -0.4 is 10.6 Å². The SMILES string of the molecule is CC1CC([C@@H](NC(=O)C2CC(CN3CCOC3=N)CC(C3CCCNC3C(F)(F)F)C2)C2CC2)CCC1F. The molecule has 0 spiro atoms. The van der Waals surface area contributed by atoms with Crippen LogP contribution >= 0.6 is 0 Å². The topological polar surface area (TPSA) is 77.5 Å². The van der Waals surface area contributed by atoms with Gasteiger partial charge in [-0.25, -0.2) is 4.39 Å². The third kappa shape index (κ3) is 6.41. The summed E-state index contributed by atoms with van der Waals surface area (Å²) in [7, 11) is 0. The minimum absolute atomic E-state index is 0.00792. The van der Waals surface area contributed by atoms with Crippen LogP contribution in [0.2, 0.25) is 0 Å². The Morgan fingerprint density at radius 2 is 1.89 bits per heavy atom. The van der Waals surface area contributed by atoms with Crippen LogP contribution in [0, 0.1) is 46.8 Å². The van der Waals surface area contributed by atoms with Gasteiger partial charge in [-0.3, -0.25) is 10.2 Å². The minimum atomic E-state index is -4.32. The van der Waals surface area contributed by atoms with Crippen molar-refractivity contribution in [2.75, 3.05) is 26.2 Å². The summed E-state index contributed by atoms with van der Waals surface area (Å²) in [6, 6.07) is -1.38. The molecule has 38 heavy (non-hydrogen) atoms. The van der Waals surface area contributed by atoms with Crippen LogP contribution in [0.3, 0.4) is 0 Å². The van der Waals surface area contributed by atoms with Gasteiger partial charge in [-0.15, -0.1) is 0 Å². The molecule has 2 saturated heterocycles. The van der Waals surface area contributed by atoms with Crippen molar-refractivity contribution in [3.63, 3.8) is 0 Å². The highest BCUT2D eigenvalue weighted by Gasteiger charge is 2.50. The van der Waals surface area contributed by atoms with Gasteiger partial charge in [0.15, 0.2) is 0 Å². The van der Waals surface area contributed by atoms with Crippen molar-refractivity contribution >= 4 is 11.9 Å². The third-order valence-corrected chi connectivity index (χ3v) is 10.1. The Kier molecular flexibility index (Phi) is 8.46. The molecule has 5 fully saturated rings. The van der Waals surface area contributed by atoms with Crippen LogP contribution in [0.15, 0.2) is 0 Å². The van der Waals surface area contributed by atoms with Gasteiger partial charge in [0.1, 0.15) is 18.8 Å². The van der Waals surface area contributed by atoms with Crippen molar-refractivity contribution in [1.82, 2.24) is 15.5 Å². The molecule has 0 radical (unpaired) electrons. The molecule has 5 rings (SSSR count). The molecule has 3 aliphatic carbocycles. The monoisotopic (exact) mass is 544 g/mol. The Hall–Kier alpha value is -1.58. The number of piperidine rings is 1. The van der Waals surface area contributed by atoms with Gasteiger partial charge in [-0.1, -0.05) is 6.92 Å². The van der Waals surface area contributed by atoms with E-state index >= 15 is 0 Å². The maximum atomic E-state index is 14.2. The number of hydrogen-bond acceptors (Lipinski definition) is 4. The molecule has 8 unspecified atom stereocenters. The zero-order valence-electron chi connectivity index (χ0n) is 22.4. The van der Waals surface area contributed by atoms with Crippen LogP contribution in [-0.2, 0) is 9.53 Å². The second kappa shape index (κ2) is 11.5. The maximum absolute atomic E-state index is 14.2. The molecular formula is C28H44F4N4O2. The molecule has 10 heteroatoms. The summed E-state index contributed by atoms with van der Waals surface area (Å²) < 4.78 is 61.4. The first-order valence-corrected chi connectivity index (χ1v) is 14.8. The van der Waals surface area contributed by atoms with Crippen LogP contribution in [0.4, 0.5) is 17.6 Å². The lowest BCUT2D eigenvalue weighted by Crippen LogP contribution is -2.55. The Morgan fingerprint density at radius 3 is 2.55 bits per heavy atom. The average Bonchev–Trinajstić information content (AvgIpc) is 3.65. The molecule has 216 valence electrons. The van der Waals surface area contributed by atoms with E-state index in [1.165, 1.54) is 0 Å². The molecule has 1 amide bonds. The Balaban J connectivity index is 1.31. The molecular weight excluding hydrogens is 500 g/mol. The molecule has 5 aliphatic rings. The van der Waals surface area contributed by atoms with E-state index in [1.807, 2.05) is 11.8 Å². The molecule has 2 aliphatic heterocycles. The number of amidine groups is 1. The number of carbonyl (C=O) groups excluding carboxylic acids is 1. The number of carbonyl (C=O) groups is 1. The van der Waals surface area contributed by atoms with Gasteiger partial charge < -0.3 is 20.3 Å². The summed E-state index contributed by atoms with van der Waals surface area (Å²) in [5, 5.41) is 14.1. The van der Waals surface area contributed by atoms with E-state index in [4.69, 9.17) is 10.1 Å². The Labute approximate surface area is 223 Å². The van der Waals surface area contributed by atoms with Crippen molar-refractivity contribution < 1.29 is 27.1 Å². The molecule has 0 aromatic carbocycles. The Bertz CT molecular complexity index is 853. The molecule has 6 nitrogen and oxygen atoms in total. The smallest absolute Gasteiger partial charge is 0.404 e. The molecule has 3 N–H and O–H groups in total. The van der Waals surface area contributed by atoms with Gasteiger partial charge in [-0.05, 0) is 106 Å². The van der Waals surface area contributed by atoms with Crippen molar-refractivity contribution in [3.05, 3.63) is 0 Å². The first-order chi connectivity index (χ1) is 18.1. The first-order valence-electron chi connectivity index (χ1n) is 14.8. The summed E-state index contributed by atoms with van der Waals surface area (Å²) >= 11 is 0. The third-order valence-electron chi connectivity index (χ3n) is 10.1. The van der Waals surface area contributed by atoms with Gasteiger partial charge in [0.05, 0.1) is 6.54 Å². The number of alkyl halides is 4. The van der Waals surface area contributed by atoms with Gasteiger partial charge in [-0.2, -0.15) is 13.2 Å². The number of halogens is 4. The van der Waals surface area contributed by atoms with Gasteiger partial charge in [0, 0.05) is 18.5 Å². The fourth-order valence-electron chi connectivity index (χ4n) is 7.99. The van der Waals surface area contributed by atoms with Crippen molar-refractivity contribution in [3.8, 4) is 0 Å². The van der Waals surface area contributed by atoms with E-state index in [2.05, 4.69) is 10.6 Å². The fourth-order valence-corrected chi connectivity index (χ4v) is 7.99. The number of amides is 1. The van der Waals surface area contributed by atoms with Gasteiger partial charge in [0.25, 0.3) is 6.02 Å². The van der Waals surface area contributed by atoms with Crippen LogP contribution in [0.25, 0.3) is 0 Å². The highest BCUT2D eigenvalue weighted by atomic mass is 19.4. The second-order valence-electron chi connectivity index (χ2n) is 12.8. The fraction of sp³-hybridized carbons (Fsp3) is 0.929. The minimum Gasteiger partial charge on any atom is -0.463 e.